The van der Waals surface area contributed by atoms with Crippen LogP contribution in [-0.4, -0.2) is 19.1 Å². The van der Waals surface area contributed by atoms with Gasteiger partial charge in [-0.3, -0.25) is 4.79 Å². The first-order chi connectivity index (χ1) is 14.4. The zero-order valence-corrected chi connectivity index (χ0v) is 19.5. The largest absolute Gasteiger partial charge is 0.493 e. The molecule has 0 unspecified atom stereocenters. The van der Waals surface area contributed by atoms with Gasteiger partial charge in [-0.05, 0) is 84.3 Å². The van der Waals surface area contributed by atoms with E-state index in [9.17, 15) is 10.1 Å². The Labute approximate surface area is 191 Å². The Kier molecular flexibility index (Phi) is 8.93. The highest BCUT2D eigenvalue weighted by molar-refractivity contribution is 14.1. The maximum Gasteiger partial charge on any atom is 0.262 e. The average molecular weight is 516 g/mol. The summed E-state index contributed by atoms with van der Waals surface area (Å²) in [6.07, 6.45) is 3.88. The number of nitrogens with one attached hydrogen (secondary N) is 1. The smallest absolute Gasteiger partial charge is 0.262 e. The maximum absolute atomic E-state index is 12.2. The van der Waals surface area contributed by atoms with E-state index in [1.54, 1.807) is 25.3 Å². The van der Waals surface area contributed by atoms with Crippen molar-refractivity contribution in [3.8, 4) is 17.6 Å². The van der Waals surface area contributed by atoms with Gasteiger partial charge < -0.3 is 14.8 Å². The monoisotopic (exact) mass is 516 g/mol. The molecule has 0 saturated carbocycles. The van der Waals surface area contributed by atoms with E-state index in [4.69, 9.17) is 9.47 Å². The van der Waals surface area contributed by atoms with Gasteiger partial charge in [0.1, 0.15) is 18.2 Å². The van der Waals surface area contributed by atoms with Crippen LogP contribution in [0.3, 0.4) is 0 Å². The molecule has 0 spiro atoms. The van der Waals surface area contributed by atoms with Crippen LogP contribution in [-0.2, 0) is 17.8 Å². The Hall–Kier alpha value is -2.79. The molecule has 1 N–H and O–H groups in total. The second kappa shape index (κ2) is 11.4. The Bertz CT molecular complexity index is 973. The van der Waals surface area contributed by atoms with Crippen molar-refractivity contribution in [1.29, 1.82) is 5.26 Å². The summed E-state index contributed by atoms with van der Waals surface area (Å²) in [5, 5.41) is 12.1. The zero-order chi connectivity index (χ0) is 22.1. The second-order valence-corrected chi connectivity index (χ2v) is 8.16. The van der Waals surface area contributed by atoms with Crippen LogP contribution in [0.15, 0.2) is 54.6 Å². The number of methoxy groups -OCH3 is 1. The first-order valence-corrected chi connectivity index (χ1v) is 10.6. The third kappa shape index (κ3) is 6.63. The fourth-order valence-corrected chi connectivity index (χ4v) is 3.14. The summed E-state index contributed by atoms with van der Waals surface area (Å²) in [7, 11) is 1.56. The van der Waals surface area contributed by atoms with Gasteiger partial charge in [-0.15, -0.1) is 6.58 Å². The van der Waals surface area contributed by atoms with Gasteiger partial charge in [-0.25, -0.2) is 0 Å². The van der Waals surface area contributed by atoms with Gasteiger partial charge >= 0.3 is 0 Å². The lowest BCUT2D eigenvalue weighted by atomic mass is 10.0. The first-order valence-electron chi connectivity index (χ1n) is 9.49. The molecule has 0 aromatic heterocycles. The minimum Gasteiger partial charge on any atom is -0.493 e. The van der Waals surface area contributed by atoms with Crippen molar-refractivity contribution in [2.45, 2.75) is 32.9 Å². The highest BCUT2D eigenvalue weighted by atomic mass is 127. The van der Waals surface area contributed by atoms with Gasteiger partial charge in [0.25, 0.3) is 5.91 Å². The van der Waals surface area contributed by atoms with Crippen molar-refractivity contribution in [2.75, 3.05) is 7.11 Å². The number of nitriles is 1. The molecule has 5 nitrogen and oxygen atoms in total. The van der Waals surface area contributed by atoms with Crippen LogP contribution in [0.1, 0.15) is 30.5 Å². The third-order valence-corrected chi connectivity index (χ3v) is 4.85. The lowest BCUT2D eigenvalue weighted by Crippen LogP contribution is -2.30. The van der Waals surface area contributed by atoms with E-state index in [0.717, 1.165) is 14.7 Å². The molecule has 1 amide bonds. The molecular weight excluding hydrogens is 491 g/mol. The lowest BCUT2D eigenvalue weighted by molar-refractivity contribution is -0.117. The molecule has 0 aliphatic heterocycles. The van der Waals surface area contributed by atoms with Gasteiger partial charge in [0, 0.05) is 15.2 Å². The maximum atomic E-state index is 12.2. The van der Waals surface area contributed by atoms with Crippen molar-refractivity contribution < 1.29 is 14.3 Å². The Morgan fingerprint density at radius 2 is 2.00 bits per heavy atom. The number of hydrogen-bond donors (Lipinski definition) is 1. The summed E-state index contributed by atoms with van der Waals surface area (Å²) < 4.78 is 12.8. The number of nitrogens with zero attached hydrogens (tertiary/aromatic N) is 1. The minimum absolute atomic E-state index is 0.0304. The highest BCUT2D eigenvalue weighted by Gasteiger charge is 2.15. The number of rotatable bonds is 9. The van der Waals surface area contributed by atoms with Crippen LogP contribution in [0.5, 0.6) is 11.5 Å². The van der Waals surface area contributed by atoms with Crippen LogP contribution in [0, 0.1) is 14.9 Å². The molecule has 6 heteroatoms. The van der Waals surface area contributed by atoms with Crippen molar-refractivity contribution in [3.63, 3.8) is 0 Å². The summed E-state index contributed by atoms with van der Waals surface area (Å²) >= 11 is 2.26. The van der Waals surface area contributed by atoms with E-state index < -0.39 is 5.91 Å². The standard InChI is InChI=1S/C24H25IN2O3/c1-5-6-19-11-18(12-20(14-26)24(28)27-16(2)3)13-22(29-4)23(19)30-15-17-7-9-21(25)10-8-17/h5,7-13,16H,1,6,15H2,2-4H3,(H,27,28)/b20-12-. The van der Waals surface area contributed by atoms with Crippen LogP contribution in [0.2, 0.25) is 0 Å². The highest BCUT2D eigenvalue weighted by Crippen LogP contribution is 2.35. The number of ether oxygens (including phenoxy) is 2. The Morgan fingerprint density at radius 3 is 2.57 bits per heavy atom. The second-order valence-electron chi connectivity index (χ2n) is 6.92. The lowest BCUT2D eigenvalue weighted by Gasteiger charge is -2.16. The minimum atomic E-state index is -0.407. The van der Waals surface area contributed by atoms with E-state index in [0.29, 0.717) is 30.1 Å². The van der Waals surface area contributed by atoms with E-state index in [-0.39, 0.29) is 11.6 Å². The van der Waals surface area contributed by atoms with E-state index in [1.165, 1.54) is 0 Å². The van der Waals surface area contributed by atoms with Crippen molar-refractivity contribution in [1.82, 2.24) is 5.32 Å². The summed E-state index contributed by atoms with van der Waals surface area (Å²) in [5.41, 5.74) is 2.62. The number of carbonyl (C=O) groups is 1. The molecule has 2 aromatic rings. The molecule has 156 valence electrons. The number of benzene rings is 2. The van der Waals surface area contributed by atoms with E-state index >= 15 is 0 Å². The molecule has 0 heterocycles. The van der Waals surface area contributed by atoms with Crippen molar-refractivity contribution in [2.24, 2.45) is 0 Å². The molecule has 0 radical (unpaired) electrons. The first kappa shape index (κ1) is 23.5. The van der Waals surface area contributed by atoms with Crippen molar-refractivity contribution in [3.05, 3.63) is 74.9 Å². The normalized spacial score (nSPS) is 11.0. The Balaban J connectivity index is 2.38. The number of hydrogen-bond acceptors (Lipinski definition) is 4. The third-order valence-electron chi connectivity index (χ3n) is 4.13. The predicted octanol–water partition coefficient (Wildman–Crippen LogP) is 5.04. The molecule has 0 atom stereocenters. The summed E-state index contributed by atoms with van der Waals surface area (Å²) in [6.45, 7) is 7.91. The fraction of sp³-hybridized carbons (Fsp3) is 0.250. The van der Waals surface area contributed by atoms with Crippen LogP contribution < -0.4 is 14.8 Å². The summed E-state index contributed by atoms with van der Waals surface area (Å²) in [4.78, 5) is 12.2. The fourth-order valence-electron chi connectivity index (χ4n) is 2.78. The van der Waals surface area contributed by atoms with Gasteiger partial charge in [0.05, 0.1) is 7.11 Å². The average Bonchev–Trinajstić information content (AvgIpc) is 2.71. The molecule has 0 aliphatic rings. The zero-order valence-electron chi connectivity index (χ0n) is 17.4. The van der Waals surface area contributed by atoms with Crippen molar-refractivity contribution >= 4 is 34.6 Å². The molecule has 2 rings (SSSR count). The van der Waals surface area contributed by atoms with E-state index in [1.807, 2.05) is 50.2 Å². The van der Waals surface area contributed by atoms with Crippen LogP contribution in [0.4, 0.5) is 0 Å². The molecule has 2 aromatic carbocycles. The topological polar surface area (TPSA) is 71.4 Å². The molecule has 30 heavy (non-hydrogen) atoms. The van der Waals surface area contributed by atoms with Gasteiger partial charge in [0.15, 0.2) is 11.5 Å². The van der Waals surface area contributed by atoms with Crippen LogP contribution >= 0.6 is 22.6 Å². The number of halogens is 1. The molecule has 0 saturated heterocycles. The van der Waals surface area contributed by atoms with Gasteiger partial charge in [-0.2, -0.15) is 5.26 Å². The molecular formula is C24H25IN2O3. The summed E-state index contributed by atoms with van der Waals surface area (Å²) in [6, 6.07) is 13.6. The quantitative estimate of drug-likeness (QED) is 0.220. The van der Waals surface area contributed by atoms with Gasteiger partial charge in [0.2, 0.25) is 0 Å². The SMILES string of the molecule is C=CCc1cc(/C=C(/C#N)C(=O)NC(C)C)cc(OC)c1OCc1ccc(I)cc1. The molecule has 0 bridgehead atoms. The number of allylic oxidation sites excluding steroid dienone is 1. The Morgan fingerprint density at radius 1 is 1.30 bits per heavy atom. The predicted molar refractivity (Wildman–Crippen MR) is 127 cm³/mol. The van der Waals surface area contributed by atoms with E-state index in [2.05, 4.69) is 34.5 Å². The number of amides is 1. The number of carbonyl (C=O) groups excluding carboxylic acids is 1. The summed E-state index contributed by atoms with van der Waals surface area (Å²) in [5.74, 6) is 0.752. The molecule has 0 fully saturated rings. The van der Waals surface area contributed by atoms with Gasteiger partial charge in [-0.1, -0.05) is 18.2 Å². The van der Waals surface area contributed by atoms with Crippen LogP contribution in [0.25, 0.3) is 6.08 Å². The molecule has 0 aliphatic carbocycles.